The molecule has 0 heterocycles. The van der Waals surface area contributed by atoms with Gasteiger partial charge in [-0.3, -0.25) is 0 Å². The fourth-order valence-electron chi connectivity index (χ4n) is 0.901. The summed E-state index contributed by atoms with van der Waals surface area (Å²) in [7, 11) is 0. The smallest absolute Gasteiger partial charge is 0.379 e. The van der Waals surface area contributed by atoms with Crippen molar-refractivity contribution in [2.24, 2.45) is 0 Å². The van der Waals surface area contributed by atoms with Gasteiger partial charge in [-0.05, 0) is 24.6 Å². The molecular formula is C8H8FNO2. The van der Waals surface area contributed by atoms with E-state index in [2.05, 4.69) is 4.94 Å². The lowest BCUT2D eigenvalue weighted by Gasteiger charge is -2.01. The number of nitrogens with two attached hydrogens (primary N) is 1. The van der Waals surface area contributed by atoms with Crippen molar-refractivity contribution in [1.29, 1.82) is 0 Å². The monoisotopic (exact) mass is 169 g/mol. The summed E-state index contributed by atoms with van der Waals surface area (Å²) in [4.78, 5) is 13.8. The molecule has 0 aliphatic rings. The molecule has 1 aromatic carbocycles. The SMILES string of the molecule is Cc1ccc(N)cc1C(=O)OF. The van der Waals surface area contributed by atoms with Gasteiger partial charge in [0.1, 0.15) is 0 Å². The molecule has 0 fully saturated rings. The molecule has 0 unspecified atom stereocenters. The zero-order valence-electron chi connectivity index (χ0n) is 6.50. The van der Waals surface area contributed by atoms with Crippen molar-refractivity contribution in [2.45, 2.75) is 6.92 Å². The van der Waals surface area contributed by atoms with E-state index in [-0.39, 0.29) is 5.56 Å². The quantitative estimate of drug-likeness (QED) is 0.650. The van der Waals surface area contributed by atoms with Gasteiger partial charge in [-0.15, -0.1) is 0 Å². The Kier molecular flexibility index (Phi) is 2.28. The number of aryl methyl sites for hydroxylation is 1. The van der Waals surface area contributed by atoms with Crippen LogP contribution in [-0.2, 0) is 4.94 Å². The molecule has 1 rings (SSSR count). The molecule has 0 saturated heterocycles. The largest absolute Gasteiger partial charge is 0.399 e. The molecule has 0 spiro atoms. The maximum Gasteiger partial charge on any atom is 0.379 e. The number of rotatable bonds is 1. The summed E-state index contributed by atoms with van der Waals surface area (Å²) in [5.41, 5.74) is 6.58. The Hall–Kier alpha value is -1.58. The van der Waals surface area contributed by atoms with Crippen molar-refractivity contribution in [3.63, 3.8) is 0 Å². The molecule has 0 bridgehead atoms. The van der Waals surface area contributed by atoms with Crippen LogP contribution in [0.4, 0.5) is 10.2 Å². The van der Waals surface area contributed by atoms with Crippen LogP contribution in [0.25, 0.3) is 0 Å². The first kappa shape index (κ1) is 8.52. The van der Waals surface area contributed by atoms with Crippen molar-refractivity contribution in [3.8, 4) is 0 Å². The van der Waals surface area contributed by atoms with Gasteiger partial charge in [-0.2, -0.15) is 0 Å². The summed E-state index contributed by atoms with van der Waals surface area (Å²) in [6.45, 7) is 1.67. The predicted octanol–water partition coefficient (Wildman–Crippen LogP) is 1.62. The number of carbonyl (C=O) groups excluding carboxylic acids is 1. The molecule has 0 aliphatic heterocycles. The molecule has 0 aromatic heterocycles. The molecular weight excluding hydrogens is 161 g/mol. The lowest BCUT2D eigenvalue weighted by Crippen LogP contribution is -2.02. The lowest BCUT2D eigenvalue weighted by atomic mass is 10.1. The molecule has 3 nitrogen and oxygen atoms in total. The highest BCUT2D eigenvalue weighted by atomic mass is 19.3. The highest BCUT2D eigenvalue weighted by Gasteiger charge is 2.10. The van der Waals surface area contributed by atoms with E-state index < -0.39 is 5.97 Å². The molecule has 12 heavy (non-hydrogen) atoms. The van der Waals surface area contributed by atoms with E-state index in [0.717, 1.165) is 0 Å². The van der Waals surface area contributed by atoms with Gasteiger partial charge in [0.15, 0.2) is 0 Å². The van der Waals surface area contributed by atoms with Crippen molar-refractivity contribution in [2.75, 3.05) is 5.73 Å². The third-order valence-electron chi connectivity index (χ3n) is 1.55. The van der Waals surface area contributed by atoms with E-state index >= 15 is 0 Å². The average Bonchev–Trinajstić information content (AvgIpc) is 2.08. The van der Waals surface area contributed by atoms with Crippen LogP contribution in [0.2, 0.25) is 0 Å². The molecule has 0 aliphatic carbocycles. The van der Waals surface area contributed by atoms with Gasteiger partial charge in [-0.25, -0.2) is 9.74 Å². The van der Waals surface area contributed by atoms with Crippen molar-refractivity contribution < 1.29 is 14.3 Å². The number of hydrogen-bond donors (Lipinski definition) is 1. The van der Waals surface area contributed by atoms with Crippen LogP contribution in [0, 0.1) is 6.92 Å². The summed E-state index contributed by atoms with van der Waals surface area (Å²) < 4.78 is 11.5. The molecule has 64 valence electrons. The minimum atomic E-state index is -1.01. The number of nitrogen functional groups attached to an aromatic ring is 1. The number of benzene rings is 1. The van der Waals surface area contributed by atoms with Gasteiger partial charge >= 0.3 is 5.97 Å². The summed E-state index contributed by atoms with van der Waals surface area (Å²) in [5.74, 6) is -1.01. The average molecular weight is 169 g/mol. The number of carbonyl (C=O) groups is 1. The van der Waals surface area contributed by atoms with Crippen LogP contribution in [0.3, 0.4) is 0 Å². The van der Waals surface area contributed by atoms with E-state index in [0.29, 0.717) is 11.3 Å². The second-order valence-corrected chi connectivity index (χ2v) is 2.44. The van der Waals surface area contributed by atoms with E-state index in [1.807, 2.05) is 0 Å². The van der Waals surface area contributed by atoms with Gasteiger partial charge in [0.25, 0.3) is 0 Å². The molecule has 4 heteroatoms. The number of halogens is 1. The highest BCUT2D eigenvalue weighted by Crippen LogP contribution is 2.13. The van der Waals surface area contributed by atoms with Gasteiger partial charge < -0.3 is 5.73 Å². The Bertz CT molecular complexity index is 312. The fourth-order valence-corrected chi connectivity index (χ4v) is 0.901. The zero-order valence-corrected chi connectivity index (χ0v) is 6.50. The molecule has 0 atom stereocenters. The number of hydrogen-bond acceptors (Lipinski definition) is 3. The standard InChI is InChI=1S/C8H8FNO2/c1-5-2-3-6(10)4-7(5)8(11)12-9/h2-4H,10H2,1H3. The molecule has 1 aromatic rings. The van der Waals surface area contributed by atoms with E-state index in [1.54, 1.807) is 19.1 Å². The maximum absolute atomic E-state index is 11.5. The Morgan fingerprint density at radius 1 is 1.58 bits per heavy atom. The molecule has 0 saturated carbocycles. The third-order valence-corrected chi connectivity index (χ3v) is 1.55. The second-order valence-electron chi connectivity index (χ2n) is 2.44. The van der Waals surface area contributed by atoms with Crippen LogP contribution >= 0.6 is 0 Å². The fraction of sp³-hybridized carbons (Fsp3) is 0.125. The van der Waals surface area contributed by atoms with E-state index in [9.17, 15) is 9.32 Å². The third kappa shape index (κ3) is 1.53. The minimum Gasteiger partial charge on any atom is -0.399 e. The summed E-state index contributed by atoms with van der Waals surface area (Å²) >= 11 is 0. The van der Waals surface area contributed by atoms with Crippen LogP contribution in [0.1, 0.15) is 15.9 Å². The topological polar surface area (TPSA) is 52.3 Å². The summed E-state index contributed by atoms with van der Waals surface area (Å²) in [6, 6.07) is 4.63. The molecule has 0 radical (unpaired) electrons. The Morgan fingerprint density at radius 3 is 2.83 bits per heavy atom. The van der Waals surface area contributed by atoms with Crippen molar-refractivity contribution >= 4 is 11.7 Å². The van der Waals surface area contributed by atoms with Gasteiger partial charge in [-0.1, -0.05) is 6.07 Å². The number of anilines is 1. The van der Waals surface area contributed by atoms with Crippen molar-refractivity contribution in [3.05, 3.63) is 29.3 Å². The van der Waals surface area contributed by atoms with Crippen LogP contribution < -0.4 is 5.73 Å². The summed E-state index contributed by atoms with van der Waals surface area (Å²) in [5, 5.41) is 0. The highest BCUT2D eigenvalue weighted by molar-refractivity contribution is 5.91. The molecule has 2 N–H and O–H groups in total. The van der Waals surface area contributed by atoms with Crippen molar-refractivity contribution in [1.82, 2.24) is 0 Å². The Morgan fingerprint density at radius 2 is 2.25 bits per heavy atom. The predicted molar refractivity (Wildman–Crippen MR) is 42.1 cm³/mol. The Labute approximate surface area is 68.8 Å². The Balaban J connectivity index is 3.13. The zero-order chi connectivity index (χ0) is 9.14. The summed E-state index contributed by atoms with van der Waals surface area (Å²) in [6.07, 6.45) is 0. The first-order valence-corrected chi connectivity index (χ1v) is 3.34. The van der Waals surface area contributed by atoms with Gasteiger partial charge in [0, 0.05) is 10.2 Å². The van der Waals surface area contributed by atoms with Crippen LogP contribution in [0.5, 0.6) is 0 Å². The van der Waals surface area contributed by atoms with Crippen LogP contribution in [-0.4, -0.2) is 5.97 Å². The maximum atomic E-state index is 11.5. The van der Waals surface area contributed by atoms with Gasteiger partial charge in [0.05, 0.1) is 5.56 Å². The normalized spacial score (nSPS) is 9.50. The van der Waals surface area contributed by atoms with Crippen LogP contribution in [0.15, 0.2) is 18.2 Å². The first-order chi connectivity index (χ1) is 5.65. The lowest BCUT2D eigenvalue weighted by molar-refractivity contribution is -0.0788. The minimum absolute atomic E-state index is 0.150. The van der Waals surface area contributed by atoms with E-state index in [1.165, 1.54) is 6.07 Å². The molecule has 0 amide bonds. The van der Waals surface area contributed by atoms with Gasteiger partial charge in [0.2, 0.25) is 0 Å². The second kappa shape index (κ2) is 3.21. The van der Waals surface area contributed by atoms with E-state index in [4.69, 9.17) is 5.73 Å². The first-order valence-electron chi connectivity index (χ1n) is 3.34.